The second-order valence-corrected chi connectivity index (χ2v) is 9.16. The molecule has 0 spiro atoms. The topological polar surface area (TPSA) is 79.4 Å². The second-order valence-electron chi connectivity index (χ2n) is 5.57. The van der Waals surface area contributed by atoms with Gasteiger partial charge in [0.05, 0.1) is 28.2 Å². The third kappa shape index (κ3) is 4.21. The Bertz CT molecular complexity index is 1000. The highest BCUT2D eigenvalue weighted by Gasteiger charge is 2.22. The van der Waals surface area contributed by atoms with Gasteiger partial charge in [-0.2, -0.15) is 4.31 Å². The summed E-state index contributed by atoms with van der Waals surface area (Å²) in [6.45, 7) is -0.0249. The van der Waals surface area contributed by atoms with Gasteiger partial charge in [-0.3, -0.25) is 4.79 Å². The number of hydrogen-bond donors (Lipinski definition) is 1. The number of sulfonamides is 1. The first-order valence-corrected chi connectivity index (χ1v) is 10.3. The van der Waals surface area contributed by atoms with Gasteiger partial charge in [-0.1, -0.05) is 23.7 Å². The third-order valence-corrected chi connectivity index (χ3v) is 6.77. The average Bonchev–Trinajstić information content (AvgIpc) is 3.03. The number of likely N-dealkylation sites (N-methyl/N-ethyl adjacent to an activating group) is 1. The molecule has 3 aromatic rings. The minimum atomic E-state index is -3.75. The molecule has 3 rings (SSSR count). The molecule has 0 saturated carbocycles. The Kier molecular flexibility index (Phi) is 5.57. The average molecular weight is 410 g/mol. The van der Waals surface area contributed by atoms with Gasteiger partial charge in [-0.25, -0.2) is 13.4 Å². The van der Waals surface area contributed by atoms with E-state index in [1.165, 1.54) is 42.6 Å². The van der Waals surface area contributed by atoms with Crippen molar-refractivity contribution in [2.24, 2.45) is 0 Å². The van der Waals surface area contributed by atoms with Gasteiger partial charge < -0.3 is 5.32 Å². The fourth-order valence-corrected chi connectivity index (χ4v) is 4.46. The van der Waals surface area contributed by atoms with Crippen LogP contribution in [0.1, 0.15) is 5.01 Å². The molecule has 9 heteroatoms. The predicted octanol–water partition coefficient (Wildman–Crippen LogP) is 2.89. The number of hydrogen-bond acceptors (Lipinski definition) is 5. The van der Waals surface area contributed by atoms with Crippen LogP contribution in [0.25, 0.3) is 10.2 Å². The van der Waals surface area contributed by atoms with Crippen molar-refractivity contribution in [2.75, 3.05) is 13.6 Å². The highest BCUT2D eigenvalue weighted by molar-refractivity contribution is 7.89. The first kappa shape index (κ1) is 18.8. The number of carbonyl (C=O) groups excluding carboxylic acids is 1. The van der Waals surface area contributed by atoms with Gasteiger partial charge >= 0.3 is 0 Å². The van der Waals surface area contributed by atoms with Crippen molar-refractivity contribution in [3.63, 3.8) is 0 Å². The van der Waals surface area contributed by atoms with Crippen LogP contribution in [0.5, 0.6) is 0 Å². The maximum absolute atomic E-state index is 12.5. The van der Waals surface area contributed by atoms with Crippen LogP contribution in [-0.2, 0) is 21.4 Å². The van der Waals surface area contributed by atoms with Crippen LogP contribution in [0.4, 0.5) is 0 Å². The van der Waals surface area contributed by atoms with Gasteiger partial charge in [0.15, 0.2) is 0 Å². The fraction of sp³-hybridized carbons (Fsp3) is 0.176. The molecule has 1 aromatic heterocycles. The van der Waals surface area contributed by atoms with Crippen molar-refractivity contribution in [3.05, 3.63) is 58.6 Å². The molecule has 1 amide bonds. The van der Waals surface area contributed by atoms with Crippen molar-refractivity contribution in [2.45, 2.75) is 11.4 Å². The van der Waals surface area contributed by atoms with Crippen molar-refractivity contribution < 1.29 is 13.2 Å². The van der Waals surface area contributed by atoms with Crippen molar-refractivity contribution >= 4 is 49.1 Å². The zero-order valence-corrected chi connectivity index (χ0v) is 16.2. The molecular formula is C17H16ClN3O3S2. The second kappa shape index (κ2) is 7.71. The minimum absolute atomic E-state index is 0.0865. The number of halogens is 1. The Morgan fingerprint density at radius 2 is 1.88 bits per heavy atom. The normalized spacial score (nSPS) is 11.8. The van der Waals surface area contributed by atoms with Crippen molar-refractivity contribution in [1.29, 1.82) is 0 Å². The summed E-state index contributed by atoms with van der Waals surface area (Å²) in [6, 6.07) is 13.5. The van der Waals surface area contributed by atoms with E-state index in [1.807, 2.05) is 24.3 Å². The maximum Gasteiger partial charge on any atom is 0.243 e. The summed E-state index contributed by atoms with van der Waals surface area (Å²) in [5.41, 5.74) is 0.879. The number of para-hydroxylation sites is 1. The fourth-order valence-electron chi connectivity index (χ4n) is 2.30. The summed E-state index contributed by atoms with van der Waals surface area (Å²) in [5, 5.41) is 3.92. The number of carbonyl (C=O) groups is 1. The molecule has 2 aromatic carbocycles. The number of amides is 1. The summed E-state index contributed by atoms with van der Waals surface area (Å²) in [6.07, 6.45) is 0. The summed E-state index contributed by atoms with van der Waals surface area (Å²) < 4.78 is 27.0. The molecule has 0 aliphatic rings. The molecule has 0 radical (unpaired) electrons. The number of nitrogens with zero attached hydrogens (tertiary/aromatic N) is 2. The number of thiazole rings is 1. The van der Waals surface area contributed by atoms with E-state index in [9.17, 15) is 13.2 Å². The molecule has 6 nitrogen and oxygen atoms in total. The molecule has 0 bridgehead atoms. The maximum atomic E-state index is 12.5. The highest BCUT2D eigenvalue weighted by Crippen LogP contribution is 2.21. The first-order chi connectivity index (χ1) is 12.4. The SMILES string of the molecule is CN(CC(=O)NCc1nc2ccccc2s1)S(=O)(=O)c1ccc(Cl)cc1. The van der Waals surface area contributed by atoms with Gasteiger partial charge in [0, 0.05) is 12.1 Å². The molecule has 26 heavy (non-hydrogen) atoms. The Morgan fingerprint density at radius 3 is 2.58 bits per heavy atom. The lowest BCUT2D eigenvalue weighted by molar-refractivity contribution is -0.121. The zero-order valence-electron chi connectivity index (χ0n) is 13.8. The van der Waals surface area contributed by atoms with Crippen molar-refractivity contribution in [3.8, 4) is 0 Å². The van der Waals surface area contributed by atoms with Gasteiger partial charge in [0.2, 0.25) is 15.9 Å². The van der Waals surface area contributed by atoms with Gasteiger partial charge in [-0.15, -0.1) is 11.3 Å². The Hall–Kier alpha value is -2.00. The van der Waals surface area contributed by atoms with E-state index in [1.54, 1.807) is 0 Å². The summed E-state index contributed by atoms with van der Waals surface area (Å²) in [4.78, 5) is 16.6. The molecule has 0 saturated heterocycles. The van der Waals surface area contributed by atoms with Crippen LogP contribution in [0.3, 0.4) is 0 Å². The molecule has 1 heterocycles. The van der Waals surface area contributed by atoms with E-state index in [0.717, 1.165) is 19.5 Å². The highest BCUT2D eigenvalue weighted by atomic mass is 35.5. The van der Waals surface area contributed by atoms with Crippen LogP contribution in [0.15, 0.2) is 53.4 Å². The lowest BCUT2D eigenvalue weighted by Gasteiger charge is -2.16. The van der Waals surface area contributed by atoms with Crippen LogP contribution >= 0.6 is 22.9 Å². The number of aromatic nitrogens is 1. The van der Waals surface area contributed by atoms with Crippen LogP contribution < -0.4 is 5.32 Å². The largest absolute Gasteiger partial charge is 0.348 e. The Morgan fingerprint density at radius 1 is 1.19 bits per heavy atom. The Balaban J connectivity index is 1.60. The van der Waals surface area contributed by atoms with Crippen LogP contribution in [0, 0.1) is 0 Å². The summed E-state index contributed by atoms with van der Waals surface area (Å²) >= 11 is 7.27. The summed E-state index contributed by atoms with van der Waals surface area (Å²) in [5.74, 6) is -0.399. The van der Waals surface area contributed by atoms with E-state index in [0.29, 0.717) is 5.02 Å². The molecule has 0 unspecified atom stereocenters. The van der Waals surface area contributed by atoms with E-state index in [-0.39, 0.29) is 18.0 Å². The lowest BCUT2D eigenvalue weighted by Crippen LogP contribution is -2.38. The predicted molar refractivity (Wildman–Crippen MR) is 103 cm³/mol. The number of benzene rings is 2. The monoisotopic (exact) mass is 409 g/mol. The van der Waals surface area contributed by atoms with Gasteiger partial charge in [-0.05, 0) is 36.4 Å². The standard InChI is InChI=1S/C17H16ClN3O3S2/c1-21(26(23,24)13-8-6-12(18)7-9-13)11-16(22)19-10-17-20-14-4-2-3-5-15(14)25-17/h2-9H,10-11H2,1H3,(H,19,22). The van der Waals surface area contributed by atoms with Gasteiger partial charge in [0.1, 0.15) is 5.01 Å². The summed E-state index contributed by atoms with van der Waals surface area (Å²) in [7, 11) is -2.39. The molecular weight excluding hydrogens is 394 g/mol. The minimum Gasteiger partial charge on any atom is -0.348 e. The smallest absolute Gasteiger partial charge is 0.243 e. The molecule has 0 fully saturated rings. The molecule has 0 aliphatic heterocycles. The molecule has 1 N–H and O–H groups in total. The zero-order chi connectivity index (χ0) is 18.7. The van der Waals surface area contributed by atoms with E-state index < -0.39 is 15.9 Å². The quantitative estimate of drug-likeness (QED) is 0.678. The third-order valence-electron chi connectivity index (χ3n) is 3.66. The molecule has 0 atom stereocenters. The number of rotatable bonds is 6. The Labute approximate surface area is 160 Å². The molecule has 0 aliphatic carbocycles. The van der Waals surface area contributed by atoms with E-state index in [4.69, 9.17) is 11.6 Å². The van der Waals surface area contributed by atoms with Crippen molar-refractivity contribution in [1.82, 2.24) is 14.6 Å². The van der Waals surface area contributed by atoms with E-state index in [2.05, 4.69) is 10.3 Å². The van der Waals surface area contributed by atoms with E-state index >= 15 is 0 Å². The van der Waals surface area contributed by atoms with Crippen LogP contribution in [-0.4, -0.2) is 37.2 Å². The lowest BCUT2D eigenvalue weighted by atomic mass is 10.3. The number of fused-ring (bicyclic) bond motifs is 1. The van der Waals surface area contributed by atoms with Gasteiger partial charge in [0.25, 0.3) is 0 Å². The first-order valence-electron chi connectivity index (χ1n) is 7.69. The molecule has 136 valence electrons. The number of nitrogens with one attached hydrogen (secondary N) is 1. The van der Waals surface area contributed by atoms with Crippen LogP contribution in [0.2, 0.25) is 5.02 Å².